The molecule has 7 heterocycles. The van der Waals surface area contributed by atoms with E-state index in [0.29, 0.717) is 79.5 Å². The number of piperidine rings is 1. The molecule has 5 aliphatic rings. The van der Waals surface area contributed by atoms with Crippen LogP contribution >= 0.6 is 11.6 Å². The van der Waals surface area contributed by atoms with Crippen molar-refractivity contribution in [2.75, 3.05) is 95.4 Å². The number of phenols is 2. The molecule has 0 unspecified atom stereocenters. The third-order valence-electron chi connectivity index (χ3n) is 17.3. The SMILES string of the molecule is C=CC(=O)N1CCN(c2nc(OC[C@@H]3CC[C@H](CN4CCN(C(=O)C5CCN(Cc6ccc(-n7c(-c8cc(CC)c(O)cc8O)n[nH]c7=O)cc6)CC5)CC4)N3C)nc3c2CCN(c2cccc4cccc(Cl)c24)C3)C[C@@H]1CC#N. The number of anilines is 2. The molecule has 0 bridgehead atoms. The molecule has 2 aromatic heterocycles. The van der Waals surface area contributed by atoms with Gasteiger partial charge in [0.2, 0.25) is 11.8 Å². The molecule has 3 N–H and O–H groups in total. The molecule has 20 heteroatoms. The molecule has 11 rings (SSSR count). The Morgan fingerprint density at radius 1 is 0.875 bits per heavy atom. The number of aromatic amines is 1. The van der Waals surface area contributed by atoms with Crippen LogP contribution < -0.4 is 20.2 Å². The van der Waals surface area contributed by atoms with Crippen LogP contribution in [0.25, 0.3) is 27.8 Å². The smallest absolute Gasteiger partial charge is 0.348 e. The monoisotopic (exact) mass is 1100 g/mol. The van der Waals surface area contributed by atoms with Gasteiger partial charge in [-0.1, -0.05) is 61.5 Å². The van der Waals surface area contributed by atoms with Crippen molar-refractivity contribution in [3.05, 3.63) is 123 Å². The van der Waals surface area contributed by atoms with E-state index in [2.05, 4.69) is 83.6 Å². The zero-order chi connectivity index (χ0) is 55.6. The molecule has 4 fully saturated rings. The maximum Gasteiger partial charge on any atom is 0.348 e. The minimum atomic E-state index is -0.434. The molecule has 418 valence electrons. The van der Waals surface area contributed by atoms with Gasteiger partial charge in [-0.05, 0) is 112 Å². The third kappa shape index (κ3) is 11.2. The Bertz CT molecular complexity index is 3360. The molecule has 0 spiro atoms. The van der Waals surface area contributed by atoms with E-state index in [1.807, 2.05) is 43.3 Å². The third-order valence-corrected chi connectivity index (χ3v) is 17.6. The van der Waals surface area contributed by atoms with Crippen molar-refractivity contribution < 1.29 is 24.5 Å². The van der Waals surface area contributed by atoms with Crippen molar-refractivity contribution in [1.82, 2.24) is 49.2 Å². The highest BCUT2D eigenvalue weighted by molar-refractivity contribution is 6.36. The molecule has 2 amide bonds. The van der Waals surface area contributed by atoms with Gasteiger partial charge < -0.3 is 34.5 Å². The highest BCUT2D eigenvalue weighted by Gasteiger charge is 2.37. The number of nitriles is 1. The number of benzene rings is 4. The summed E-state index contributed by atoms with van der Waals surface area (Å²) in [6, 6.07) is 25.8. The largest absolute Gasteiger partial charge is 0.508 e. The van der Waals surface area contributed by atoms with Crippen molar-refractivity contribution in [3.8, 4) is 40.7 Å². The molecule has 0 saturated carbocycles. The van der Waals surface area contributed by atoms with Gasteiger partial charge in [-0.25, -0.2) is 14.5 Å². The number of carbonyl (C=O) groups is 2. The summed E-state index contributed by atoms with van der Waals surface area (Å²) in [6.45, 7) is 15.2. The number of likely N-dealkylation sites (tertiary alicyclic amines) is 2. The lowest BCUT2D eigenvalue weighted by atomic mass is 9.94. The van der Waals surface area contributed by atoms with Crippen LogP contribution in [0.15, 0.2) is 90.2 Å². The number of ether oxygens (including phenoxy) is 1. The van der Waals surface area contributed by atoms with Crippen molar-refractivity contribution in [2.24, 2.45) is 5.92 Å². The fourth-order valence-electron chi connectivity index (χ4n) is 12.7. The quantitative estimate of drug-likeness (QED) is 0.0955. The number of hydrogen-bond donors (Lipinski definition) is 3. The average molecular weight is 1100 g/mol. The zero-order valence-electron chi connectivity index (χ0n) is 45.6. The lowest BCUT2D eigenvalue weighted by Gasteiger charge is -2.42. The Morgan fingerprint density at radius 2 is 1.64 bits per heavy atom. The number of hydrogen-bond acceptors (Lipinski definition) is 15. The first-order valence-electron chi connectivity index (χ1n) is 28.1. The van der Waals surface area contributed by atoms with Gasteiger partial charge >= 0.3 is 11.7 Å². The summed E-state index contributed by atoms with van der Waals surface area (Å²) >= 11 is 6.83. The van der Waals surface area contributed by atoms with Gasteiger partial charge in [-0.15, -0.1) is 0 Å². The number of aromatic hydroxyl groups is 2. The van der Waals surface area contributed by atoms with E-state index in [-0.39, 0.29) is 53.6 Å². The minimum Gasteiger partial charge on any atom is -0.508 e. The fourth-order valence-corrected chi connectivity index (χ4v) is 13.0. The van der Waals surface area contributed by atoms with Crippen LogP contribution in [-0.4, -0.2) is 175 Å². The second kappa shape index (κ2) is 23.7. The van der Waals surface area contributed by atoms with Gasteiger partial charge in [0.05, 0.1) is 47.0 Å². The van der Waals surface area contributed by atoms with Gasteiger partial charge in [0, 0.05) is 106 Å². The van der Waals surface area contributed by atoms with Crippen molar-refractivity contribution in [1.29, 1.82) is 5.26 Å². The van der Waals surface area contributed by atoms with E-state index >= 15 is 0 Å². The maximum atomic E-state index is 13.9. The van der Waals surface area contributed by atoms with Gasteiger partial charge in [0.25, 0.3) is 0 Å². The van der Waals surface area contributed by atoms with E-state index in [0.717, 1.165) is 124 Å². The number of nitrogens with zero attached hydrogens (tertiary/aromatic N) is 12. The summed E-state index contributed by atoms with van der Waals surface area (Å²) in [4.78, 5) is 65.6. The lowest BCUT2D eigenvalue weighted by molar-refractivity contribution is -0.139. The van der Waals surface area contributed by atoms with E-state index < -0.39 is 5.69 Å². The molecule has 5 aliphatic heterocycles. The standard InChI is InChI=1S/C60H70ClN13O6/c1-4-40-32-48(53(76)33-52(40)75)57-65-66-60(79)74(57)43-14-12-39(13-15-43)34-68-23-19-42(20-24-68)58(78)70-28-26-69(27-29-70)35-44-16-17-46(67(44)3)38-80-59-63-50-37-71(51-11-7-9-41-8-6-10-49(61)55(41)51)25-21-47(50)56(64-59)72-30-31-73(54(77)5-2)45(36-72)18-22-62/h5-15,32-33,42,44-46,75-76H,2,4,16-21,23-31,34-38H2,1,3H3,(H,66,79)/t44-,45+,46+/m1/s1. The average Bonchev–Trinajstić information content (AvgIpc) is 4.04. The van der Waals surface area contributed by atoms with Crippen LogP contribution in [-0.2, 0) is 35.5 Å². The van der Waals surface area contributed by atoms with E-state index in [9.17, 15) is 29.9 Å². The Labute approximate surface area is 471 Å². The molecular formula is C60H70ClN13O6. The first-order chi connectivity index (χ1) is 38.9. The van der Waals surface area contributed by atoms with E-state index in [1.54, 1.807) is 11.0 Å². The van der Waals surface area contributed by atoms with Crippen LogP contribution in [0.3, 0.4) is 0 Å². The number of aryl methyl sites for hydroxylation is 1. The molecule has 4 aromatic carbocycles. The summed E-state index contributed by atoms with van der Waals surface area (Å²) in [7, 11) is 2.19. The summed E-state index contributed by atoms with van der Waals surface area (Å²) in [5.74, 6) is 0.989. The highest BCUT2D eigenvalue weighted by atomic mass is 35.5. The minimum absolute atomic E-state index is 0.00764. The number of carbonyl (C=O) groups excluding carboxylic acids is 2. The second-order valence-electron chi connectivity index (χ2n) is 22.0. The van der Waals surface area contributed by atoms with Crippen molar-refractivity contribution in [2.45, 2.75) is 83.1 Å². The number of likely N-dealkylation sites (N-methyl/N-ethyl adjacent to an activating group) is 1. The summed E-state index contributed by atoms with van der Waals surface area (Å²) in [5, 5.41) is 40.1. The number of rotatable bonds is 15. The van der Waals surface area contributed by atoms with Crippen molar-refractivity contribution >= 4 is 45.7 Å². The Morgan fingerprint density at radius 3 is 2.39 bits per heavy atom. The molecular weight excluding hydrogens is 1030 g/mol. The first-order valence-corrected chi connectivity index (χ1v) is 28.5. The van der Waals surface area contributed by atoms with Gasteiger partial charge in [0.15, 0.2) is 5.82 Å². The van der Waals surface area contributed by atoms with Gasteiger partial charge in [-0.3, -0.25) is 24.3 Å². The molecule has 6 aromatic rings. The molecule has 80 heavy (non-hydrogen) atoms. The van der Waals surface area contributed by atoms with Crippen LogP contribution in [0.1, 0.15) is 61.4 Å². The topological polar surface area (TPSA) is 207 Å². The summed E-state index contributed by atoms with van der Waals surface area (Å²) in [6.07, 6.45) is 6.42. The molecule has 4 saturated heterocycles. The number of nitrogens with one attached hydrogen (secondary N) is 1. The number of piperazine rings is 2. The Hall–Kier alpha value is -7.50. The fraction of sp³-hybridized carbons (Fsp3) is 0.450. The number of halogens is 1. The van der Waals surface area contributed by atoms with Gasteiger partial charge in [0.1, 0.15) is 23.9 Å². The predicted octanol–water partition coefficient (Wildman–Crippen LogP) is 6.38. The normalized spacial score (nSPS) is 20.5. The van der Waals surface area contributed by atoms with Crippen molar-refractivity contribution in [3.63, 3.8) is 0 Å². The van der Waals surface area contributed by atoms with Crippen LogP contribution in [0, 0.1) is 17.2 Å². The maximum absolute atomic E-state index is 13.9. The molecule has 0 radical (unpaired) electrons. The Balaban J connectivity index is 0.672. The number of amides is 2. The van der Waals surface area contributed by atoms with E-state index in [1.165, 1.54) is 16.7 Å². The molecule has 3 atom stereocenters. The molecule has 19 nitrogen and oxygen atoms in total. The van der Waals surface area contributed by atoms with Gasteiger partial charge in [-0.2, -0.15) is 20.3 Å². The lowest BCUT2D eigenvalue weighted by Crippen LogP contribution is -2.55. The van der Waals surface area contributed by atoms with Crippen LogP contribution in [0.2, 0.25) is 5.02 Å². The predicted molar refractivity (Wildman–Crippen MR) is 307 cm³/mol. The zero-order valence-corrected chi connectivity index (χ0v) is 46.4. The molecule has 0 aliphatic carbocycles. The Kier molecular flexibility index (Phi) is 16.1. The first kappa shape index (κ1) is 54.5. The van der Waals surface area contributed by atoms with Crippen LogP contribution in [0.4, 0.5) is 11.5 Å². The number of fused-ring (bicyclic) bond motifs is 2. The summed E-state index contributed by atoms with van der Waals surface area (Å²) in [5.41, 5.74) is 5.26. The number of H-pyrrole nitrogens is 1. The number of phenolic OH excluding ortho intramolecular Hbond substituents is 2. The summed E-state index contributed by atoms with van der Waals surface area (Å²) < 4.78 is 8.03. The highest BCUT2D eigenvalue weighted by Crippen LogP contribution is 2.39. The number of aromatic nitrogens is 5. The van der Waals surface area contributed by atoms with E-state index in [4.69, 9.17) is 26.3 Å². The second-order valence-corrected chi connectivity index (χ2v) is 22.4. The van der Waals surface area contributed by atoms with Crippen LogP contribution in [0.5, 0.6) is 17.5 Å².